The van der Waals surface area contributed by atoms with Crippen LogP contribution in [0.3, 0.4) is 0 Å². The van der Waals surface area contributed by atoms with E-state index in [9.17, 15) is 13.2 Å². The minimum absolute atomic E-state index is 0.0126. The summed E-state index contributed by atoms with van der Waals surface area (Å²) in [5.74, 6) is 1.99. The first-order valence-electron chi connectivity index (χ1n) is 8.50. The van der Waals surface area contributed by atoms with Gasteiger partial charge in [-0.15, -0.1) is 6.42 Å². The zero-order chi connectivity index (χ0) is 18.6. The third-order valence-corrected chi connectivity index (χ3v) is 6.10. The normalized spacial score (nSPS) is 25.7. The molecule has 26 heavy (non-hydrogen) atoms. The van der Waals surface area contributed by atoms with Crippen molar-refractivity contribution in [3.05, 3.63) is 29.8 Å². The molecule has 1 aromatic carbocycles. The summed E-state index contributed by atoms with van der Waals surface area (Å²) < 4.78 is 37.6. The number of benzene rings is 1. The van der Waals surface area contributed by atoms with Crippen molar-refractivity contribution in [1.29, 1.82) is 0 Å². The van der Waals surface area contributed by atoms with Gasteiger partial charge in [0.05, 0.1) is 23.6 Å². The van der Waals surface area contributed by atoms with Gasteiger partial charge in [-0.25, -0.2) is 8.42 Å². The van der Waals surface area contributed by atoms with Crippen LogP contribution >= 0.6 is 0 Å². The number of nitrogens with one attached hydrogen (secondary N) is 2. The molecule has 0 aromatic heterocycles. The minimum atomic E-state index is -3.66. The molecule has 2 N–H and O–H groups in total. The van der Waals surface area contributed by atoms with E-state index < -0.39 is 10.0 Å². The van der Waals surface area contributed by atoms with Crippen molar-refractivity contribution in [2.75, 3.05) is 26.4 Å². The Hall–Kier alpha value is -1.92. The Morgan fingerprint density at radius 3 is 2.73 bits per heavy atom. The molecule has 1 spiro atoms. The summed E-state index contributed by atoms with van der Waals surface area (Å²) >= 11 is 0. The van der Waals surface area contributed by atoms with Gasteiger partial charge >= 0.3 is 0 Å². The second-order valence-electron chi connectivity index (χ2n) is 6.55. The summed E-state index contributed by atoms with van der Waals surface area (Å²) in [7, 11) is -3.66. The Kier molecular flexibility index (Phi) is 5.63. The Morgan fingerprint density at radius 2 is 2.08 bits per heavy atom. The molecule has 3 rings (SSSR count). The lowest BCUT2D eigenvalue weighted by molar-refractivity contribution is -0.0881. The van der Waals surface area contributed by atoms with Gasteiger partial charge in [0.25, 0.3) is 5.91 Å². The topological polar surface area (TPSA) is 93.7 Å². The van der Waals surface area contributed by atoms with Gasteiger partial charge in [0.2, 0.25) is 10.0 Å². The molecule has 7 nitrogen and oxygen atoms in total. The second kappa shape index (κ2) is 7.76. The first kappa shape index (κ1) is 18.9. The largest absolute Gasteiger partial charge is 0.378 e. The fraction of sp³-hybridized carbons (Fsp3) is 0.500. The number of hydrogen-bond acceptors (Lipinski definition) is 5. The average Bonchev–Trinajstić information content (AvgIpc) is 3.07. The Morgan fingerprint density at radius 1 is 1.31 bits per heavy atom. The van der Waals surface area contributed by atoms with Crippen LogP contribution in [-0.2, 0) is 19.5 Å². The van der Waals surface area contributed by atoms with E-state index in [1.165, 1.54) is 24.3 Å². The Balaban J connectivity index is 1.62. The van der Waals surface area contributed by atoms with E-state index >= 15 is 0 Å². The van der Waals surface area contributed by atoms with Crippen LogP contribution in [0.5, 0.6) is 0 Å². The van der Waals surface area contributed by atoms with Gasteiger partial charge < -0.3 is 14.8 Å². The van der Waals surface area contributed by atoms with E-state index in [2.05, 4.69) is 16.0 Å². The maximum absolute atomic E-state index is 12.5. The highest BCUT2D eigenvalue weighted by molar-refractivity contribution is 7.89. The summed E-state index contributed by atoms with van der Waals surface area (Å²) in [5.41, 5.74) is 0.126. The minimum Gasteiger partial charge on any atom is -0.378 e. The van der Waals surface area contributed by atoms with Crippen molar-refractivity contribution in [2.45, 2.75) is 35.8 Å². The number of amides is 1. The van der Waals surface area contributed by atoms with Crippen LogP contribution in [0.4, 0.5) is 0 Å². The number of carbonyl (C=O) groups excluding carboxylic acids is 1. The molecule has 1 aromatic rings. The van der Waals surface area contributed by atoms with Crippen molar-refractivity contribution < 1.29 is 22.7 Å². The van der Waals surface area contributed by atoms with Crippen LogP contribution < -0.4 is 10.0 Å². The van der Waals surface area contributed by atoms with Crippen LogP contribution in [0.15, 0.2) is 29.2 Å². The maximum atomic E-state index is 12.5. The molecule has 2 fully saturated rings. The van der Waals surface area contributed by atoms with Crippen molar-refractivity contribution in [3.8, 4) is 12.3 Å². The van der Waals surface area contributed by atoms with Crippen LogP contribution in [0, 0.1) is 12.3 Å². The zero-order valence-electron chi connectivity index (χ0n) is 14.4. The average molecular weight is 378 g/mol. The quantitative estimate of drug-likeness (QED) is 0.735. The second-order valence-corrected chi connectivity index (χ2v) is 8.32. The van der Waals surface area contributed by atoms with Crippen LogP contribution in [-0.4, -0.2) is 52.3 Å². The summed E-state index contributed by atoms with van der Waals surface area (Å²) in [6.45, 7) is 1.76. The lowest BCUT2D eigenvalue weighted by Crippen LogP contribution is -2.49. The highest BCUT2D eigenvalue weighted by atomic mass is 32.2. The van der Waals surface area contributed by atoms with Gasteiger partial charge in [0, 0.05) is 31.2 Å². The third-order valence-electron chi connectivity index (χ3n) is 4.69. The van der Waals surface area contributed by atoms with Crippen molar-refractivity contribution >= 4 is 15.9 Å². The number of ether oxygens (including phenoxy) is 2. The van der Waals surface area contributed by atoms with Gasteiger partial charge in [-0.2, -0.15) is 4.72 Å². The van der Waals surface area contributed by atoms with E-state index in [0.717, 1.165) is 19.3 Å². The highest BCUT2D eigenvalue weighted by Crippen LogP contribution is 2.32. The van der Waals surface area contributed by atoms with Crippen molar-refractivity contribution in [1.82, 2.24) is 10.0 Å². The molecule has 1 amide bonds. The van der Waals surface area contributed by atoms with E-state index in [0.29, 0.717) is 25.4 Å². The van der Waals surface area contributed by atoms with Gasteiger partial charge in [0.1, 0.15) is 0 Å². The van der Waals surface area contributed by atoms with E-state index in [1.54, 1.807) is 0 Å². The first-order chi connectivity index (χ1) is 12.4. The van der Waals surface area contributed by atoms with Gasteiger partial charge in [-0.3, -0.25) is 4.79 Å². The Labute approximate surface area is 153 Å². The van der Waals surface area contributed by atoms with E-state index in [4.69, 9.17) is 15.9 Å². The molecule has 0 saturated carbocycles. The van der Waals surface area contributed by atoms with Crippen LogP contribution in [0.2, 0.25) is 0 Å². The van der Waals surface area contributed by atoms with E-state index in [-0.39, 0.29) is 29.0 Å². The zero-order valence-corrected chi connectivity index (χ0v) is 15.2. The molecule has 0 radical (unpaired) electrons. The fourth-order valence-electron chi connectivity index (χ4n) is 3.29. The summed E-state index contributed by atoms with van der Waals surface area (Å²) in [5, 5.41) is 3.01. The maximum Gasteiger partial charge on any atom is 0.251 e. The van der Waals surface area contributed by atoms with Crippen LogP contribution in [0.25, 0.3) is 0 Å². The fourth-order valence-corrected chi connectivity index (χ4v) is 4.22. The number of terminal acetylenes is 1. The van der Waals surface area contributed by atoms with Crippen molar-refractivity contribution in [3.63, 3.8) is 0 Å². The van der Waals surface area contributed by atoms with Gasteiger partial charge in [-0.1, -0.05) is 5.92 Å². The lowest BCUT2D eigenvalue weighted by Gasteiger charge is -2.37. The highest BCUT2D eigenvalue weighted by Gasteiger charge is 2.41. The molecule has 0 unspecified atom stereocenters. The number of sulfonamides is 1. The predicted octanol–water partition coefficient (Wildman–Crippen LogP) is 0.666. The predicted molar refractivity (Wildman–Crippen MR) is 95.1 cm³/mol. The lowest BCUT2D eigenvalue weighted by atomic mass is 9.89. The summed E-state index contributed by atoms with van der Waals surface area (Å²) in [4.78, 5) is 12.5. The molecular formula is C18H22N2O5S. The molecule has 2 heterocycles. The number of carbonyl (C=O) groups is 1. The molecule has 2 aliphatic heterocycles. The molecule has 8 heteroatoms. The molecule has 0 bridgehead atoms. The summed E-state index contributed by atoms with van der Waals surface area (Å²) in [6, 6.07) is 5.79. The number of hydrogen-bond donors (Lipinski definition) is 2. The summed E-state index contributed by atoms with van der Waals surface area (Å²) in [6.07, 6.45) is 7.38. The molecule has 140 valence electrons. The molecule has 2 atom stereocenters. The standard InChI is InChI=1S/C18H22N2O5S/c1-2-9-19-26(22,23)16-5-3-14(4-6-16)17(21)20-15-7-10-25-18(12-15)8-11-24-13-18/h1,3-6,15,19H,7-13H2,(H,20,21)/t15-,18+/m1/s1. The Bertz CT molecular complexity index is 792. The third kappa shape index (κ3) is 4.24. The monoisotopic (exact) mass is 378 g/mol. The molecule has 0 aliphatic carbocycles. The van der Waals surface area contributed by atoms with E-state index in [1.807, 2.05) is 0 Å². The SMILES string of the molecule is C#CCNS(=O)(=O)c1ccc(C(=O)N[C@@H]2CCO[C@@]3(CCOC3)C2)cc1. The smallest absolute Gasteiger partial charge is 0.251 e. The molecule has 2 saturated heterocycles. The molecule has 2 aliphatic rings. The number of rotatable bonds is 5. The van der Waals surface area contributed by atoms with Gasteiger partial charge in [0.15, 0.2) is 0 Å². The first-order valence-corrected chi connectivity index (χ1v) is 9.98. The van der Waals surface area contributed by atoms with Crippen LogP contribution in [0.1, 0.15) is 29.6 Å². The van der Waals surface area contributed by atoms with Gasteiger partial charge in [-0.05, 0) is 37.1 Å². The van der Waals surface area contributed by atoms with Crippen molar-refractivity contribution in [2.24, 2.45) is 0 Å². The molecular weight excluding hydrogens is 356 g/mol.